The zero-order valence-corrected chi connectivity index (χ0v) is 21.9. The SMILES string of the molecule is COc1cccc(-c2[nH]c3ccccc3c2C[C@H](NC(=O)OCC2c3ccccc3-c3ccccc32)C(=O)O)c1. The molecule has 1 aliphatic carbocycles. The van der Waals surface area contributed by atoms with Crippen molar-refractivity contribution in [2.24, 2.45) is 0 Å². The molecule has 1 aliphatic rings. The maximum atomic E-state index is 12.9. The Morgan fingerprint density at radius 2 is 1.57 bits per heavy atom. The fourth-order valence-electron chi connectivity index (χ4n) is 5.62. The highest BCUT2D eigenvalue weighted by atomic mass is 16.5. The fraction of sp³-hybridized carbons (Fsp3) is 0.152. The molecule has 1 amide bonds. The summed E-state index contributed by atoms with van der Waals surface area (Å²) in [4.78, 5) is 28.7. The highest BCUT2D eigenvalue weighted by Gasteiger charge is 2.30. The molecule has 3 N–H and O–H groups in total. The highest BCUT2D eigenvalue weighted by Crippen LogP contribution is 2.44. The number of methoxy groups -OCH3 is 1. The molecular weight excluding hydrogens is 504 g/mol. The number of nitrogens with one attached hydrogen (secondary N) is 2. The van der Waals surface area contributed by atoms with Crippen molar-refractivity contribution in [1.82, 2.24) is 10.3 Å². The normalized spacial score (nSPS) is 12.9. The van der Waals surface area contributed by atoms with Gasteiger partial charge in [-0.1, -0.05) is 78.9 Å². The van der Waals surface area contributed by atoms with Crippen molar-refractivity contribution >= 4 is 23.0 Å². The molecule has 1 heterocycles. The van der Waals surface area contributed by atoms with Crippen LogP contribution in [0.2, 0.25) is 0 Å². The Bertz CT molecular complexity index is 1680. The van der Waals surface area contributed by atoms with Crippen molar-refractivity contribution in [3.63, 3.8) is 0 Å². The van der Waals surface area contributed by atoms with Gasteiger partial charge < -0.3 is 24.9 Å². The van der Waals surface area contributed by atoms with Gasteiger partial charge in [0, 0.05) is 34.5 Å². The number of hydrogen-bond donors (Lipinski definition) is 3. The van der Waals surface area contributed by atoms with Crippen LogP contribution in [0, 0.1) is 0 Å². The molecule has 0 aliphatic heterocycles. The first-order chi connectivity index (χ1) is 19.5. The second-order valence-corrected chi connectivity index (χ2v) is 9.82. The summed E-state index contributed by atoms with van der Waals surface area (Å²) in [6.45, 7) is 0.106. The molecule has 0 bridgehead atoms. The molecule has 4 aromatic carbocycles. The van der Waals surface area contributed by atoms with Gasteiger partial charge in [-0.3, -0.25) is 0 Å². The van der Waals surface area contributed by atoms with Crippen LogP contribution in [0.4, 0.5) is 4.79 Å². The van der Waals surface area contributed by atoms with Gasteiger partial charge in [-0.05, 0) is 46.0 Å². The fourth-order valence-corrected chi connectivity index (χ4v) is 5.62. The van der Waals surface area contributed by atoms with Gasteiger partial charge in [-0.2, -0.15) is 0 Å². The van der Waals surface area contributed by atoms with Crippen molar-refractivity contribution in [1.29, 1.82) is 0 Å². The topological polar surface area (TPSA) is 101 Å². The molecular formula is C33H28N2O5. The molecule has 7 heteroatoms. The van der Waals surface area contributed by atoms with E-state index >= 15 is 0 Å². The molecule has 1 atom stereocenters. The van der Waals surface area contributed by atoms with Gasteiger partial charge in [0.15, 0.2) is 0 Å². The number of aliphatic carboxylic acids is 1. The van der Waals surface area contributed by atoms with Crippen molar-refractivity contribution in [3.05, 3.63) is 114 Å². The molecule has 0 saturated heterocycles. The number of carboxylic acids is 1. The minimum absolute atomic E-state index is 0.0656. The minimum Gasteiger partial charge on any atom is -0.497 e. The number of fused-ring (bicyclic) bond motifs is 4. The number of para-hydroxylation sites is 1. The second-order valence-electron chi connectivity index (χ2n) is 9.82. The summed E-state index contributed by atoms with van der Waals surface area (Å²) in [7, 11) is 1.60. The first kappa shape index (κ1) is 25.2. The number of rotatable bonds is 8. The van der Waals surface area contributed by atoms with E-state index in [0.717, 1.165) is 50.0 Å². The molecule has 40 heavy (non-hydrogen) atoms. The van der Waals surface area contributed by atoms with Gasteiger partial charge in [-0.25, -0.2) is 9.59 Å². The van der Waals surface area contributed by atoms with Gasteiger partial charge in [0.2, 0.25) is 0 Å². The molecule has 5 aromatic rings. The van der Waals surface area contributed by atoms with Crippen molar-refractivity contribution < 1.29 is 24.2 Å². The van der Waals surface area contributed by atoms with E-state index in [9.17, 15) is 14.7 Å². The standard InChI is InChI=1S/C33H28N2O5/c1-39-21-10-8-9-20(17-21)31-27(26-15-6-7-16-29(26)34-31)18-30(32(36)37)35-33(38)40-19-28-24-13-4-2-11-22(24)23-12-3-5-14-25(23)28/h2-17,28,30,34H,18-19H2,1H3,(H,35,38)(H,36,37)/t30-/m0/s1. The molecule has 7 nitrogen and oxygen atoms in total. The number of carbonyl (C=O) groups is 2. The number of carbonyl (C=O) groups excluding carboxylic acids is 1. The zero-order chi connectivity index (χ0) is 27.6. The lowest BCUT2D eigenvalue weighted by molar-refractivity contribution is -0.139. The minimum atomic E-state index is -1.20. The first-order valence-corrected chi connectivity index (χ1v) is 13.1. The lowest BCUT2D eigenvalue weighted by Gasteiger charge is -2.18. The molecule has 0 saturated carbocycles. The van der Waals surface area contributed by atoms with Crippen molar-refractivity contribution in [2.75, 3.05) is 13.7 Å². The number of alkyl carbamates (subject to hydrolysis) is 1. The highest BCUT2D eigenvalue weighted by molar-refractivity contribution is 5.92. The van der Waals surface area contributed by atoms with E-state index in [-0.39, 0.29) is 18.9 Å². The number of ether oxygens (including phenoxy) is 2. The number of hydrogen-bond acceptors (Lipinski definition) is 4. The van der Waals surface area contributed by atoms with Gasteiger partial charge in [-0.15, -0.1) is 0 Å². The first-order valence-electron chi connectivity index (χ1n) is 13.1. The Morgan fingerprint density at radius 1 is 0.900 bits per heavy atom. The number of H-pyrrole nitrogens is 1. The van der Waals surface area contributed by atoms with Gasteiger partial charge >= 0.3 is 12.1 Å². The third kappa shape index (κ3) is 4.66. The van der Waals surface area contributed by atoms with E-state index in [1.54, 1.807) is 7.11 Å². The van der Waals surface area contributed by atoms with Crippen LogP contribution < -0.4 is 10.1 Å². The predicted molar refractivity (Wildman–Crippen MR) is 154 cm³/mol. The Balaban J connectivity index is 1.23. The van der Waals surface area contributed by atoms with E-state index in [0.29, 0.717) is 5.75 Å². The third-order valence-corrected chi connectivity index (χ3v) is 7.51. The van der Waals surface area contributed by atoms with Crippen LogP contribution in [0.5, 0.6) is 5.75 Å². The average molecular weight is 533 g/mol. The van der Waals surface area contributed by atoms with E-state index < -0.39 is 18.1 Å². The molecule has 0 unspecified atom stereocenters. The van der Waals surface area contributed by atoms with Crippen molar-refractivity contribution in [2.45, 2.75) is 18.4 Å². The van der Waals surface area contributed by atoms with Crippen LogP contribution in [-0.2, 0) is 16.0 Å². The lowest BCUT2D eigenvalue weighted by atomic mass is 9.98. The van der Waals surface area contributed by atoms with E-state index in [1.165, 1.54) is 0 Å². The van der Waals surface area contributed by atoms with Crippen molar-refractivity contribution in [3.8, 4) is 28.1 Å². The molecule has 200 valence electrons. The van der Waals surface area contributed by atoms with Crippen LogP contribution in [0.15, 0.2) is 97.1 Å². The van der Waals surface area contributed by atoms with Gasteiger partial charge in [0.25, 0.3) is 0 Å². The average Bonchev–Trinajstić information content (AvgIpc) is 3.51. The van der Waals surface area contributed by atoms with Crippen LogP contribution in [0.25, 0.3) is 33.3 Å². The van der Waals surface area contributed by atoms with Crippen LogP contribution >= 0.6 is 0 Å². The summed E-state index contributed by atoms with van der Waals surface area (Å²) in [5.41, 5.74) is 7.73. The Hall–Kier alpha value is -5.04. The summed E-state index contributed by atoms with van der Waals surface area (Å²) in [5, 5.41) is 13.6. The lowest BCUT2D eigenvalue weighted by Crippen LogP contribution is -2.43. The zero-order valence-electron chi connectivity index (χ0n) is 21.9. The van der Waals surface area contributed by atoms with Crippen LogP contribution in [0.1, 0.15) is 22.6 Å². The number of aromatic nitrogens is 1. The van der Waals surface area contributed by atoms with Gasteiger partial charge in [0.1, 0.15) is 18.4 Å². The molecule has 6 rings (SSSR count). The largest absolute Gasteiger partial charge is 0.497 e. The summed E-state index contributed by atoms with van der Waals surface area (Å²) in [6.07, 6.45) is -0.701. The number of aromatic amines is 1. The summed E-state index contributed by atoms with van der Waals surface area (Å²) in [6, 6.07) is 30.2. The molecule has 0 spiro atoms. The number of amides is 1. The van der Waals surface area contributed by atoms with E-state index in [4.69, 9.17) is 9.47 Å². The van der Waals surface area contributed by atoms with E-state index in [1.807, 2.05) is 84.9 Å². The maximum Gasteiger partial charge on any atom is 0.407 e. The predicted octanol–water partition coefficient (Wildman–Crippen LogP) is 6.38. The summed E-state index contributed by atoms with van der Waals surface area (Å²) in [5.74, 6) is -0.571. The smallest absolute Gasteiger partial charge is 0.407 e. The maximum absolute atomic E-state index is 12.9. The van der Waals surface area contributed by atoms with Crippen LogP contribution in [-0.4, -0.2) is 41.9 Å². The monoisotopic (exact) mass is 532 g/mol. The Morgan fingerprint density at radius 3 is 2.27 bits per heavy atom. The Kier molecular flexibility index (Phi) is 6.70. The Labute approximate surface area is 231 Å². The summed E-state index contributed by atoms with van der Waals surface area (Å²) >= 11 is 0. The number of carboxylic acid groups (broad SMARTS) is 1. The molecule has 0 radical (unpaired) electrons. The summed E-state index contributed by atoms with van der Waals surface area (Å²) < 4.78 is 11.0. The molecule has 1 aromatic heterocycles. The molecule has 0 fully saturated rings. The van der Waals surface area contributed by atoms with E-state index in [2.05, 4.69) is 22.4 Å². The number of benzene rings is 4. The van der Waals surface area contributed by atoms with Gasteiger partial charge in [0.05, 0.1) is 7.11 Å². The quantitative estimate of drug-likeness (QED) is 0.215. The van der Waals surface area contributed by atoms with Crippen LogP contribution in [0.3, 0.4) is 0 Å². The third-order valence-electron chi connectivity index (χ3n) is 7.51. The second kappa shape index (κ2) is 10.6.